The smallest absolute Gasteiger partial charge is 0.346 e. The van der Waals surface area contributed by atoms with Crippen LogP contribution < -0.4 is 0 Å². The molecule has 4 nitrogen and oxygen atoms in total. The number of hydrogen-bond acceptors (Lipinski definition) is 3. The van der Waals surface area contributed by atoms with Crippen molar-refractivity contribution in [3.05, 3.63) is 34.2 Å². The molecule has 0 saturated carbocycles. The van der Waals surface area contributed by atoms with Crippen molar-refractivity contribution in [2.75, 3.05) is 0 Å². The molecule has 0 aliphatic carbocycles. The number of fused-ring (bicyclic) bond motifs is 1. The van der Waals surface area contributed by atoms with Crippen molar-refractivity contribution in [2.24, 2.45) is 0 Å². The second-order valence-electron chi connectivity index (χ2n) is 4.11. The van der Waals surface area contributed by atoms with Crippen molar-refractivity contribution in [1.82, 2.24) is 0 Å². The quantitative estimate of drug-likeness (QED) is 0.890. The summed E-state index contributed by atoms with van der Waals surface area (Å²) in [6.45, 7) is 1.93. The van der Waals surface area contributed by atoms with Crippen LogP contribution in [0.3, 0.4) is 0 Å². The van der Waals surface area contributed by atoms with E-state index >= 15 is 0 Å². The zero-order chi connectivity index (χ0) is 13.3. The minimum absolute atomic E-state index is 0.0555. The van der Waals surface area contributed by atoms with Crippen LogP contribution in [0.5, 0.6) is 0 Å². The summed E-state index contributed by atoms with van der Waals surface area (Å²) in [7, 11) is 0. The fraction of sp³-hybridized carbons (Fsp3) is 0.231. The number of aliphatic carboxylic acids is 1. The van der Waals surface area contributed by atoms with Gasteiger partial charge < -0.3 is 10.2 Å². The van der Waals surface area contributed by atoms with Gasteiger partial charge in [0.2, 0.25) is 0 Å². The SMILES string of the molecule is Cc1ccc2sc(C(=O)O)c(CCC(=O)O)c2c1. The minimum Gasteiger partial charge on any atom is -0.481 e. The van der Waals surface area contributed by atoms with Crippen LogP contribution in [-0.2, 0) is 11.2 Å². The van der Waals surface area contributed by atoms with Gasteiger partial charge in [-0.15, -0.1) is 11.3 Å². The Labute approximate surface area is 107 Å². The van der Waals surface area contributed by atoms with Crippen LogP contribution in [0.2, 0.25) is 0 Å². The largest absolute Gasteiger partial charge is 0.481 e. The number of carboxylic acids is 2. The highest BCUT2D eigenvalue weighted by atomic mass is 32.1. The number of hydrogen-bond donors (Lipinski definition) is 2. The fourth-order valence-corrected chi connectivity index (χ4v) is 2.99. The Morgan fingerprint density at radius 1 is 1.28 bits per heavy atom. The van der Waals surface area contributed by atoms with Crippen molar-refractivity contribution >= 4 is 33.4 Å². The standard InChI is InChI=1S/C13H12O4S/c1-7-2-4-10-9(6-7)8(3-5-11(14)15)12(18-10)13(16)17/h2,4,6H,3,5H2,1H3,(H,14,15)(H,16,17). The molecule has 2 N–H and O–H groups in total. The Kier molecular flexibility index (Phi) is 3.34. The van der Waals surface area contributed by atoms with Gasteiger partial charge in [0, 0.05) is 11.1 Å². The first-order valence-corrected chi connectivity index (χ1v) is 6.28. The number of aryl methyl sites for hydroxylation is 2. The van der Waals surface area contributed by atoms with Gasteiger partial charge in [-0.1, -0.05) is 17.7 Å². The summed E-state index contributed by atoms with van der Waals surface area (Å²) >= 11 is 1.20. The van der Waals surface area contributed by atoms with Gasteiger partial charge in [-0.3, -0.25) is 4.79 Å². The number of thiophene rings is 1. The number of carboxylic acid groups (broad SMARTS) is 2. The molecule has 0 spiro atoms. The average molecular weight is 264 g/mol. The predicted octanol–water partition coefficient (Wildman–Crippen LogP) is 2.93. The van der Waals surface area contributed by atoms with E-state index in [1.54, 1.807) is 0 Å². The Hall–Kier alpha value is -1.88. The van der Waals surface area contributed by atoms with E-state index in [1.165, 1.54) is 11.3 Å². The Morgan fingerprint density at radius 3 is 2.61 bits per heavy atom. The Bertz CT molecular complexity index is 627. The maximum absolute atomic E-state index is 11.2. The molecular formula is C13H12O4S. The van der Waals surface area contributed by atoms with Gasteiger partial charge in [0.25, 0.3) is 0 Å². The van der Waals surface area contributed by atoms with Crippen LogP contribution in [0.4, 0.5) is 0 Å². The molecule has 5 heteroatoms. The van der Waals surface area contributed by atoms with E-state index in [4.69, 9.17) is 10.2 Å². The summed E-state index contributed by atoms with van der Waals surface area (Å²) in [5, 5.41) is 18.7. The molecule has 2 rings (SSSR count). The summed E-state index contributed by atoms with van der Waals surface area (Å²) in [5.41, 5.74) is 1.67. The van der Waals surface area contributed by atoms with Crippen LogP contribution in [0, 0.1) is 6.92 Å². The molecule has 0 fully saturated rings. The van der Waals surface area contributed by atoms with Gasteiger partial charge in [0.15, 0.2) is 0 Å². The molecule has 0 saturated heterocycles. The zero-order valence-electron chi connectivity index (χ0n) is 9.77. The van der Waals surface area contributed by atoms with Gasteiger partial charge in [-0.05, 0) is 30.4 Å². The van der Waals surface area contributed by atoms with E-state index in [0.29, 0.717) is 5.56 Å². The second-order valence-corrected chi connectivity index (χ2v) is 5.16. The molecule has 1 aromatic carbocycles. The van der Waals surface area contributed by atoms with E-state index in [0.717, 1.165) is 15.6 Å². The van der Waals surface area contributed by atoms with Crippen molar-refractivity contribution in [1.29, 1.82) is 0 Å². The molecular weight excluding hydrogens is 252 g/mol. The third kappa shape index (κ3) is 2.36. The number of carbonyl (C=O) groups is 2. The lowest BCUT2D eigenvalue weighted by molar-refractivity contribution is -0.136. The Morgan fingerprint density at radius 2 is 2.00 bits per heavy atom. The molecule has 0 atom stereocenters. The highest BCUT2D eigenvalue weighted by Crippen LogP contribution is 2.33. The molecule has 2 aromatic rings. The second kappa shape index (κ2) is 4.78. The predicted molar refractivity (Wildman–Crippen MR) is 69.5 cm³/mol. The lowest BCUT2D eigenvalue weighted by Gasteiger charge is -2.00. The fourth-order valence-electron chi connectivity index (χ4n) is 1.92. The molecule has 0 amide bonds. The van der Waals surface area contributed by atoms with Crippen LogP contribution >= 0.6 is 11.3 Å². The van der Waals surface area contributed by atoms with E-state index in [1.807, 2.05) is 25.1 Å². The maximum atomic E-state index is 11.2. The molecule has 0 radical (unpaired) electrons. The summed E-state index contributed by atoms with van der Waals surface area (Å²) in [4.78, 5) is 22.1. The summed E-state index contributed by atoms with van der Waals surface area (Å²) in [6, 6.07) is 5.72. The molecule has 0 aliphatic heterocycles. The molecule has 0 unspecified atom stereocenters. The van der Waals surface area contributed by atoms with Gasteiger partial charge in [-0.25, -0.2) is 4.79 Å². The monoisotopic (exact) mass is 264 g/mol. The zero-order valence-corrected chi connectivity index (χ0v) is 10.6. The summed E-state index contributed by atoms with van der Waals surface area (Å²) in [6.07, 6.45) is 0.195. The molecule has 0 bridgehead atoms. The van der Waals surface area contributed by atoms with Crippen LogP contribution in [0.15, 0.2) is 18.2 Å². The van der Waals surface area contributed by atoms with E-state index < -0.39 is 11.9 Å². The highest BCUT2D eigenvalue weighted by molar-refractivity contribution is 7.21. The van der Waals surface area contributed by atoms with Gasteiger partial charge in [0.05, 0.1) is 0 Å². The number of benzene rings is 1. The Balaban J connectivity index is 2.57. The third-order valence-electron chi connectivity index (χ3n) is 2.73. The first kappa shape index (κ1) is 12.6. The van der Waals surface area contributed by atoms with Crippen molar-refractivity contribution in [3.8, 4) is 0 Å². The first-order chi connectivity index (χ1) is 8.49. The van der Waals surface area contributed by atoms with Gasteiger partial charge >= 0.3 is 11.9 Å². The maximum Gasteiger partial charge on any atom is 0.346 e. The lowest BCUT2D eigenvalue weighted by Crippen LogP contribution is -2.02. The first-order valence-electron chi connectivity index (χ1n) is 5.46. The summed E-state index contributed by atoms with van der Waals surface area (Å²) in [5.74, 6) is -1.91. The van der Waals surface area contributed by atoms with Gasteiger partial charge in [0.1, 0.15) is 4.88 Å². The number of aromatic carboxylic acids is 1. The van der Waals surface area contributed by atoms with Crippen molar-refractivity contribution in [2.45, 2.75) is 19.8 Å². The average Bonchev–Trinajstić information content (AvgIpc) is 2.64. The van der Waals surface area contributed by atoms with Crippen LogP contribution in [0.25, 0.3) is 10.1 Å². The van der Waals surface area contributed by atoms with Gasteiger partial charge in [-0.2, -0.15) is 0 Å². The highest BCUT2D eigenvalue weighted by Gasteiger charge is 2.18. The normalized spacial score (nSPS) is 10.7. The molecule has 0 aliphatic rings. The van der Waals surface area contributed by atoms with Crippen molar-refractivity contribution < 1.29 is 19.8 Å². The van der Waals surface area contributed by atoms with E-state index in [2.05, 4.69) is 0 Å². The summed E-state index contributed by atoms with van der Waals surface area (Å²) < 4.78 is 0.887. The lowest BCUT2D eigenvalue weighted by atomic mass is 10.0. The van der Waals surface area contributed by atoms with Crippen molar-refractivity contribution in [3.63, 3.8) is 0 Å². The molecule has 1 heterocycles. The third-order valence-corrected chi connectivity index (χ3v) is 3.93. The number of rotatable bonds is 4. The molecule has 1 aromatic heterocycles. The van der Waals surface area contributed by atoms with Crippen LogP contribution in [0.1, 0.15) is 27.2 Å². The molecule has 94 valence electrons. The topological polar surface area (TPSA) is 74.6 Å². The molecule has 18 heavy (non-hydrogen) atoms. The van der Waals surface area contributed by atoms with Crippen LogP contribution in [-0.4, -0.2) is 22.2 Å². The van der Waals surface area contributed by atoms with E-state index in [-0.39, 0.29) is 17.7 Å². The van der Waals surface area contributed by atoms with E-state index in [9.17, 15) is 9.59 Å². The minimum atomic E-state index is -0.991.